The number of nitro benzene ring substituents is 1. The zero-order chi connectivity index (χ0) is 17.0. The number of hydrogen-bond acceptors (Lipinski definition) is 6. The second-order valence-electron chi connectivity index (χ2n) is 5.68. The molecule has 0 saturated carbocycles. The summed E-state index contributed by atoms with van der Waals surface area (Å²) in [7, 11) is 0. The fraction of sp³-hybridized carbons (Fsp3) is 0.500. The van der Waals surface area contributed by atoms with E-state index in [1.54, 1.807) is 19.1 Å². The van der Waals surface area contributed by atoms with E-state index in [-0.39, 0.29) is 18.0 Å². The number of nitro groups is 1. The predicted octanol–water partition coefficient (Wildman–Crippen LogP) is 3.04. The van der Waals surface area contributed by atoms with Gasteiger partial charge in [0.2, 0.25) is 0 Å². The van der Waals surface area contributed by atoms with Gasteiger partial charge in [0.25, 0.3) is 5.69 Å². The highest BCUT2D eigenvalue weighted by Gasteiger charge is 2.35. The maximum Gasteiger partial charge on any atom is 0.355 e. The Morgan fingerprint density at radius 1 is 1.39 bits per heavy atom. The number of aliphatic imine (C=N–C) groups is 1. The third kappa shape index (κ3) is 4.13. The maximum atomic E-state index is 12.1. The van der Waals surface area contributed by atoms with Gasteiger partial charge in [0.1, 0.15) is 6.10 Å². The van der Waals surface area contributed by atoms with Crippen molar-refractivity contribution < 1.29 is 19.2 Å². The number of esters is 1. The first-order valence-corrected chi connectivity index (χ1v) is 7.57. The minimum absolute atomic E-state index is 0.0138. The summed E-state index contributed by atoms with van der Waals surface area (Å²) in [6, 6.07) is 5.93. The van der Waals surface area contributed by atoms with Crippen LogP contribution in [0.3, 0.4) is 0 Å². The Hall–Kier alpha value is -2.28. The average molecular weight is 320 g/mol. The average Bonchev–Trinajstić information content (AvgIpc) is 2.90. The highest BCUT2D eigenvalue weighted by atomic mass is 16.6. The van der Waals surface area contributed by atoms with E-state index in [1.807, 2.05) is 13.8 Å². The molecule has 1 aliphatic heterocycles. The lowest BCUT2D eigenvalue weighted by molar-refractivity contribution is -0.384. The van der Waals surface area contributed by atoms with E-state index in [0.717, 1.165) is 0 Å². The van der Waals surface area contributed by atoms with Crippen LogP contribution in [0.25, 0.3) is 0 Å². The Balaban J connectivity index is 2.25. The van der Waals surface area contributed by atoms with Crippen molar-refractivity contribution in [2.75, 3.05) is 6.61 Å². The van der Waals surface area contributed by atoms with Crippen molar-refractivity contribution in [3.8, 4) is 0 Å². The maximum absolute atomic E-state index is 12.1. The summed E-state index contributed by atoms with van der Waals surface area (Å²) in [5.74, 6) is -0.148. The van der Waals surface area contributed by atoms with Crippen molar-refractivity contribution in [3.05, 3.63) is 39.9 Å². The number of nitrogens with zero attached hydrogens (tertiary/aromatic N) is 2. The number of carbonyl (C=O) groups excluding carboxylic acids is 1. The van der Waals surface area contributed by atoms with E-state index in [1.165, 1.54) is 12.1 Å². The lowest BCUT2D eigenvalue weighted by Gasteiger charge is -2.15. The van der Waals surface area contributed by atoms with Crippen LogP contribution in [-0.2, 0) is 14.3 Å². The highest BCUT2D eigenvalue weighted by Crippen LogP contribution is 2.31. The third-order valence-electron chi connectivity index (χ3n) is 3.39. The lowest BCUT2D eigenvalue weighted by Crippen LogP contribution is -2.22. The van der Waals surface area contributed by atoms with E-state index >= 15 is 0 Å². The van der Waals surface area contributed by atoms with Gasteiger partial charge in [-0.15, -0.1) is 0 Å². The molecule has 1 aliphatic rings. The Bertz CT molecular complexity index is 609. The number of carbonyl (C=O) groups is 1. The molecule has 0 bridgehead atoms. The fourth-order valence-electron chi connectivity index (χ4n) is 2.36. The van der Waals surface area contributed by atoms with Crippen molar-refractivity contribution in [1.82, 2.24) is 0 Å². The van der Waals surface area contributed by atoms with Gasteiger partial charge in [-0.05, 0) is 37.0 Å². The molecule has 1 aromatic carbocycles. The van der Waals surface area contributed by atoms with Crippen LogP contribution in [0, 0.1) is 16.0 Å². The molecule has 0 saturated heterocycles. The minimum Gasteiger partial charge on any atom is -0.461 e. The second-order valence-corrected chi connectivity index (χ2v) is 5.68. The van der Waals surface area contributed by atoms with E-state index in [4.69, 9.17) is 9.47 Å². The third-order valence-corrected chi connectivity index (χ3v) is 3.39. The molecule has 2 atom stereocenters. The molecule has 2 rings (SSSR count). The van der Waals surface area contributed by atoms with Crippen molar-refractivity contribution in [2.24, 2.45) is 10.9 Å². The number of benzene rings is 1. The molecule has 124 valence electrons. The first kappa shape index (κ1) is 17.1. The quantitative estimate of drug-likeness (QED) is 0.456. The topological polar surface area (TPSA) is 91.0 Å². The number of ether oxygens (including phenoxy) is 2. The van der Waals surface area contributed by atoms with Gasteiger partial charge in [0.05, 0.1) is 11.5 Å². The molecule has 0 fully saturated rings. The number of hydrogen-bond donors (Lipinski definition) is 0. The van der Waals surface area contributed by atoms with Crippen LogP contribution in [0.4, 0.5) is 5.69 Å². The van der Waals surface area contributed by atoms with E-state index in [2.05, 4.69) is 4.99 Å². The molecule has 1 heterocycles. The van der Waals surface area contributed by atoms with E-state index < -0.39 is 23.2 Å². The number of non-ortho nitro benzene ring substituents is 1. The van der Waals surface area contributed by atoms with E-state index in [0.29, 0.717) is 17.9 Å². The Labute approximate surface area is 134 Å². The molecule has 0 unspecified atom stereocenters. The van der Waals surface area contributed by atoms with Gasteiger partial charge in [-0.3, -0.25) is 10.1 Å². The molecule has 1 aromatic rings. The SMILES string of the molecule is CCOC(=O)C1=N[C@@H](CC(C)C)O[C@@H]1c1ccc([N+](=O)[O-])cc1. The van der Waals surface area contributed by atoms with Crippen molar-refractivity contribution >= 4 is 17.4 Å². The molecular formula is C16H20N2O5. The van der Waals surface area contributed by atoms with Crippen molar-refractivity contribution in [3.63, 3.8) is 0 Å². The largest absolute Gasteiger partial charge is 0.461 e. The summed E-state index contributed by atoms with van der Waals surface area (Å²) in [6.07, 6.45) is -0.375. The summed E-state index contributed by atoms with van der Waals surface area (Å²) < 4.78 is 10.9. The van der Waals surface area contributed by atoms with Gasteiger partial charge in [0.15, 0.2) is 11.9 Å². The molecule has 7 heteroatoms. The summed E-state index contributed by atoms with van der Waals surface area (Å²) >= 11 is 0. The van der Waals surface area contributed by atoms with Crippen LogP contribution in [0.5, 0.6) is 0 Å². The van der Waals surface area contributed by atoms with Gasteiger partial charge in [-0.25, -0.2) is 9.79 Å². The summed E-state index contributed by atoms with van der Waals surface area (Å²) in [5.41, 5.74) is 0.847. The summed E-state index contributed by atoms with van der Waals surface area (Å²) in [5, 5.41) is 10.7. The second kappa shape index (κ2) is 7.32. The van der Waals surface area contributed by atoms with Crippen molar-refractivity contribution in [1.29, 1.82) is 0 Å². The first-order valence-electron chi connectivity index (χ1n) is 7.57. The van der Waals surface area contributed by atoms with Crippen LogP contribution in [0.1, 0.15) is 38.9 Å². The standard InChI is InChI=1S/C16H20N2O5/c1-4-22-16(19)14-15(23-13(17-14)9-10(2)3)11-5-7-12(8-6-11)18(20)21/h5-8,10,13,15H,4,9H2,1-3H3/t13-,15-/m1/s1. The molecule has 0 aliphatic carbocycles. The smallest absolute Gasteiger partial charge is 0.355 e. The van der Waals surface area contributed by atoms with Crippen molar-refractivity contribution in [2.45, 2.75) is 39.5 Å². The highest BCUT2D eigenvalue weighted by molar-refractivity contribution is 6.38. The van der Waals surface area contributed by atoms with Gasteiger partial charge in [0, 0.05) is 12.1 Å². The molecular weight excluding hydrogens is 300 g/mol. The summed E-state index contributed by atoms with van der Waals surface area (Å²) in [6.45, 7) is 6.06. The van der Waals surface area contributed by atoms with Gasteiger partial charge in [-0.2, -0.15) is 0 Å². The Morgan fingerprint density at radius 2 is 2.04 bits per heavy atom. The molecule has 0 spiro atoms. The molecule has 7 nitrogen and oxygen atoms in total. The minimum atomic E-state index is -0.654. The summed E-state index contributed by atoms with van der Waals surface area (Å²) in [4.78, 5) is 26.7. The van der Waals surface area contributed by atoms with Gasteiger partial charge < -0.3 is 9.47 Å². The normalized spacial score (nSPS) is 20.4. The monoisotopic (exact) mass is 320 g/mol. The fourth-order valence-corrected chi connectivity index (χ4v) is 2.36. The van der Waals surface area contributed by atoms with Crippen LogP contribution in [-0.4, -0.2) is 29.4 Å². The predicted molar refractivity (Wildman–Crippen MR) is 84.2 cm³/mol. The van der Waals surface area contributed by atoms with Crippen LogP contribution in [0.2, 0.25) is 0 Å². The molecule has 0 aromatic heterocycles. The van der Waals surface area contributed by atoms with Gasteiger partial charge in [-0.1, -0.05) is 13.8 Å². The van der Waals surface area contributed by atoms with E-state index in [9.17, 15) is 14.9 Å². The van der Waals surface area contributed by atoms with Crippen LogP contribution in [0.15, 0.2) is 29.3 Å². The lowest BCUT2D eigenvalue weighted by atomic mass is 10.0. The van der Waals surface area contributed by atoms with Gasteiger partial charge >= 0.3 is 5.97 Å². The van der Waals surface area contributed by atoms with Crippen LogP contribution < -0.4 is 0 Å². The zero-order valence-corrected chi connectivity index (χ0v) is 13.4. The Morgan fingerprint density at radius 3 is 2.57 bits per heavy atom. The first-order chi connectivity index (χ1) is 10.9. The zero-order valence-electron chi connectivity index (χ0n) is 13.4. The molecule has 23 heavy (non-hydrogen) atoms. The molecule has 0 amide bonds. The molecule has 0 radical (unpaired) electrons. The van der Waals surface area contributed by atoms with Crippen LogP contribution >= 0.6 is 0 Å². The Kier molecular flexibility index (Phi) is 5.44. The number of rotatable bonds is 6. The molecule has 0 N–H and O–H groups in total.